The standard InChI is InChI=1S/C27H20N2O6/c1-33-17-6-4-5-15(11-17)25(30)23-24(19-13-28-20-8-3-2-7-18(19)20)29(27(32)26(23)31)16-9-10-21-22(12-16)35-14-34-21/h2-13,24,28,30H,14H2,1H3/b25-23+. The van der Waals surface area contributed by atoms with E-state index < -0.39 is 17.7 Å². The van der Waals surface area contributed by atoms with Crippen LogP contribution in [0.25, 0.3) is 16.7 Å². The second kappa shape index (κ2) is 7.95. The maximum absolute atomic E-state index is 13.4. The van der Waals surface area contributed by atoms with Crippen LogP contribution in [0.5, 0.6) is 17.2 Å². The topological polar surface area (TPSA) is 101 Å². The molecule has 2 aliphatic heterocycles. The summed E-state index contributed by atoms with van der Waals surface area (Å²) in [6.45, 7) is 0.0827. The molecule has 0 aliphatic carbocycles. The molecular formula is C27H20N2O6. The number of amides is 1. The number of ether oxygens (including phenoxy) is 3. The monoisotopic (exact) mass is 468 g/mol. The number of methoxy groups -OCH3 is 1. The molecule has 4 aromatic rings. The van der Waals surface area contributed by atoms with Crippen LogP contribution in [0.4, 0.5) is 5.69 Å². The number of aromatic nitrogens is 1. The minimum atomic E-state index is -0.877. The molecular weight excluding hydrogens is 448 g/mol. The lowest BCUT2D eigenvalue weighted by Gasteiger charge is -2.25. The average molecular weight is 468 g/mol. The first kappa shape index (κ1) is 20.9. The molecule has 1 saturated heterocycles. The summed E-state index contributed by atoms with van der Waals surface area (Å²) in [6.07, 6.45) is 1.76. The molecule has 0 saturated carbocycles. The molecule has 3 heterocycles. The molecule has 1 atom stereocenters. The summed E-state index contributed by atoms with van der Waals surface area (Å²) in [5, 5.41) is 12.2. The molecule has 0 spiro atoms. The maximum Gasteiger partial charge on any atom is 0.300 e. The van der Waals surface area contributed by atoms with Gasteiger partial charge < -0.3 is 24.3 Å². The van der Waals surface area contributed by atoms with Gasteiger partial charge in [-0.25, -0.2) is 0 Å². The first-order chi connectivity index (χ1) is 17.1. The second-order valence-corrected chi connectivity index (χ2v) is 8.23. The minimum absolute atomic E-state index is 0.00864. The highest BCUT2D eigenvalue weighted by molar-refractivity contribution is 6.52. The Morgan fingerprint density at radius 2 is 1.86 bits per heavy atom. The maximum atomic E-state index is 13.4. The lowest BCUT2D eigenvalue weighted by atomic mass is 9.94. The van der Waals surface area contributed by atoms with Gasteiger partial charge in [0.05, 0.1) is 18.7 Å². The van der Waals surface area contributed by atoms with Crippen molar-refractivity contribution in [1.29, 1.82) is 0 Å². The fourth-order valence-corrected chi connectivity index (χ4v) is 4.67. The predicted molar refractivity (Wildman–Crippen MR) is 129 cm³/mol. The molecule has 174 valence electrons. The van der Waals surface area contributed by atoms with E-state index in [1.807, 2.05) is 24.3 Å². The zero-order valence-corrected chi connectivity index (χ0v) is 18.6. The van der Waals surface area contributed by atoms with Crippen molar-refractivity contribution < 1.29 is 28.9 Å². The fourth-order valence-electron chi connectivity index (χ4n) is 4.67. The number of carbonyl (C=O) groups is 2. The number of benzene rings is 3. The molecule has 0 bridgehead atoms. The SMILES string of the molecule is COc1cccc(/C(O)=C2\C(=O)C(=O)N(c3ccc4c(c3)OCO4)C2c2c[nH]c3ccccc23)c1. The summed E-state index contributed by atoms with van der Waals surface area (Å²) < 4.78 is 16.2. The van der Waals surface area contributed by atoms with Gasteiger partial charge in [-0.05, 0) is 30.3 Å². The third-order valence-corrected chi connectivity index (χ3v) is 6.34. The van der Waals surface area contributed by atoms with Gasteiger partial charge in [0, 0.05) is 40.0 Å². The van der Waals surface area contributed by atoms with Gasteiger partial charge in [-0.15, -0.1) is 0 Å². The lowest BCUT2D eigenvalue weighted by Crippen LogP contribution is -2.29. The molecule has 8 nitrogen and oxygen atoms in total. The number of hydrogen-bond acceptors (Lipinski definition) is 6. The van der Waals surface area contributed by atoms with Gasteiger partial charge in [0.1, 0.15) is 11.5 Å². The second-order valence-electron chi connectivity index (χ2n) is 8.23. The molecule has 1 amide bonds. The van der Waals surface area contributed by atoms with E-state index in [9.17, 15) is 14.7 Å². The summed E-state index contributed by atoms with van der Waals surface area (Å²) in [4.78, 5) is 31.5. The first-order valence-electron chi connectivity index (χ1n) is 11.0. The number of aliphatic hydroxyl groups excluding tert-OH is 1. The number of anilines is 1. The number of Topliss-reactive ketones (excluding diaryl/α,β-unsaturated/α-hetero) is 1. The lowest BCUT2D eigenvalue weighted by molar-refractivity contribution is -0.132. The van der Waals surface area contributed by atoms with Crippen LogP contribution in [0.3, 0.4) is 0 Å². The molecule has 3 aromatic carbocycles. The number of rotatable bonds is 4. The molecule has 1 unspecified atom stereocenters. The van der Waals surface area contributed by atoms with Crippen molar-refractivity contribution in [2.24, 2.45) is 0 Å². The highest BCUT2D eigenvalue weighted by atomic mass is 16.7. The average Bonchev–Trinajstić information content (AvgIpc) is 3.59. The number of nitrogens with zero attached hydrogens (tertiary/aromatic N) is 1. The van der Waals surface area contributed by atoms with Crippen molar-refractivity contribution in [2.75, 3.05) is 18.8 Å². The van der Waals surface area contributed by atoms with E-state index in [4.69, 9.17) is 14.2 Å². The Morgan fingerprint density at radius 3 is 2.71 bits per heavy atom. The van der Waals surface area contributed by atoms with Gasteiger partial charge in [0.25, 0.3) is 11.7 Å². The Hall–Kier alpha value is -4.72. The summed E-state index contributed by atoms with van der Waals surface area (Å²) in [5.74, 6) is -0.245. The van der Waals surface area contributed by atoms with Crippen molar-refractivity contribution in [3.63, 3.8) is 0 Å². The quantitative estimate of drug-likeness (QED) is 0.259. The van der Waals surface area contributed by atoms with E-state index in [2.05, 4.69) is 4.98 Å². The van der Waals surface area contributed by atoms with Gasteiger partial charge in [-0.3, -0.25) is 14.5 Å². The molecule has 0 radical (unpaired) electrons. The number of carbonyl (C=O) groups excluding carboxylic acids is 2. The molecule has 6 rings (SSSR count). The molecule has 35 heavy (non-hydrogen) atoms. The largest absolute Gasteiger partial charge is 0.507 e. The first-order valence-corrected chi connectivity index (χ1v) is 11.0. The number of aliphatic hydroxyl groups is 1. The Kier molecular flexibility index (Phi) is 4.74. The van der Waals surface area contributed by atoms with Gasteiger partial charge in [-0.2, -0.15) is 0 Å². The molecule has 1 fully saturated rings. The summed E-state index contributed by atoms with van der Waals surface area (Å²) >= 11 is 0. The Bertz CT molecular complexity index is 1540. The Morgan fingerprint density at radius 1 is 1.03 bits per heavy atom. The third-order valence-electron chi connectivity index (χ3n) is 6.34. The number of aromatic amines is 1. The van der Waals surface area contributed by atoms with Crippen molar-refractivity contribution in [3.8, 4) is 17.2 Å². The molecule has 8 heteroatoms. The van der Waals surface area contributed by atoms with Crippen molar-refractivity contribution in [3.05, 3.63) is 89.6 Å². The molecule has 2 aliphatic rings. The normalized spacial score (nSPS) is 18.4. The van der Waals surface area contributed by atoms with Crippen LogP contribution in [0.15, 0.2) is 78.5 Å². The van der Waals surface area contributed by atoms with E-state index >= 15 is 0 Å². The third kappa shape index (κ3) is 3.22. The van der Waals surface area contributed by atoms with E-state index in [0.717, 1.165) is 10.9 Å². The van der Waals surface area contributed by atoms with E-state index in [0.29, 0.717) is 34.1 Å². The molecule has 2 N–H and O–H groups in total. The number of para-hydroxylation sites is 1. The highest BCUT2D eigenvalue weighted by Crippen LogP contribution is 2.46. The van der Waals surface area contributed by atoms with Gasteiger partial charge >= 0.3 is 0 Å². The van der Waals surface area contributed by atoms with Crippen molar-refractivity contribution in [1.82, 2.24) is 4.98 Å². The Labute approximate surface area is 200 Å². The van der Waals surface area contributed by atoms with Gasteiger partial charge in [0.2, 0.25) is 6.79 Å². The van der Waals surface area contributed by atoms with Gasteiger partial charge in [0.15, 0.2) is 11.5 Å². The summed E-state index contributed by atoms with van der Waals surface area (Å²) in [6, 6.07) is 18.5. The van der Waals surface area contributed by atoms with Crippen LogP contribution in [0.2, 0.25) is 0 Å². The predicted octanol–water partition coefficient (Wildman–Crippen LogP) is 4.53. The smallest absolute Gasteiger partial charge is 0.300 e. The van der Waals surface area contributed by atoms with Crippen molar-refractivity contribution in [2.45, 2.75) is 6.04 Å². The zero-order valence-electron chi connectivity index (χ0n) is 18.6. The van der Waals surface area contributed by atoms with Gasteiger partial charge in [-0.1, -0.05) is 30.3 Å². The van der Waals surface area contributed by atoms with E-state index in [1.165, 1.54) is 12.0 Å². The van der Waals surface area contributed by atoms with Crippen LogP contribution in [-0.2, 0) is 9.59 Å². The van der Waals surface area contributed by atoms with E-state index in [1.54, 1.807) is 48.7 Å². The zero-order chi connectivity index (χ0) is 24.1. The highest BCUT2D eigenvalue weighted by Gasteiger charge is 2.48. The summed E-state index contributed by atoms with van der Waals surface area (Å²) in [5.41, 5.74) is 2.35. The number of nitrogens with one attached hydrogen (secondary N) is 1. The van der Waals surface area contributed by atoms with Crippen LogP contribution in [0, 0.1) is 0 Å². The number of ketones is 1. The van der Waals surface area contributed by atoms with Crippen LogP contribution in [-0.4, -0.2) is 35.7 Å². The van der Waals surface area contributed by atoms with Crippen molar-refractivity contribution >= 4 is 34.0 Å². The number of hydrogen-bond donors (Lipinski definition) is 2. The number of fused-ring (bicyclic) bond motifs is 2. The van der Waals surface area contributed by atoms with Crippen LogP contribution >= 0.6 is 0 Å². The molecule has 1 aromatic heterocycles. The van der Waals surface area contributed by atoms with E-state index in [-0.39, 0.29) is 18.1 Å². The Balaban J connectivity index is 1.59. The summed E-state index contributed by atoms with van der Waals surface area (Å²) in [7, 11) is 1.52. The minimum Gasteiger partial charge on any atom is -0.507 e. The fraction of sp³-hybridized carbons (Fsp3) is 0.111. The number of H-pyrrole nitrogens is 1. The van der Waals surface area contributed by atoms with Crippen LogP contribution in [0.1, 0.15) is 17.2 Å². The van der Waals surface area contributed by atoms with Crippen LogP contribution < -0.4 is 19.1 Å².